The van der Waals surface area contributed by atoms with Crippen LogP contribution in [0.15, 0.2) is 18.2 Å². The summed E-state index contributed by atoms with van der Waals surface area (Å²) >= 11 is 0. The molecule has 0 aliphatic heterocycles. The Hall–Kier alpha value is -1.16. The minimum absolute atomic E-state index is 0.422. The molecule has 0 fully saturated rings. The van der Waals surface area contributed by atoms with Crippen molar-refractivity contribution in [1.29, 1.82) is 0 Å². The van der Waals surface area contributed by atoms with Crippen LogP contribution in [-0.4, -0.2) is 17.6 Å². The maximum Gasteiger partial charge on any atom is 0.278 e. The highest BCUT2D eigenvalue weighted by molar-refractivity contribution is 5.36. The van der Waals surface area contributed by atoms with Gasteiger partial charge in [0.15, 0.2) is 6.61 Å². The minimum Gasteiger partial charge on any atom is -0.487 e. The number of aliphatic hydroxyl groups excluding tert-OH is 1. The molecule has 0 aromatic heterocycles. The standard InChI is InChI=1S/C12H16F2O2/c1-8-6-10(9(2)15)4-5-11(8)16-7-12(3,13)14/h4-6,9,15H,7H2,1-3H3. The first kappa shape index (κ1) is 12.9. The Balaban J connectivity index is 2.76. The van der Waals surface area contributed by atoms with Gasteiger partial charge in [-0.2, -0.15) is 0 Å². The SMILES string of the molecule is Cc1cc(C(C)O)ccc1OCC(C)(F)F. The van der Waals surface area contributed by atoms with Gasteiger partial charge in [-0.15, -0.1) is 0 Å². The molecule has 90 valence electrons. The van der Waals surface area contributed by atoms with Crippen molar-refractivity contribution in [3.05, 3.63) is 29.3 Å². The molecule has 1 atom stereocenters. The molecule has 0 aliphatic carbocycles. The molecule has 1 aromatic rings. The van der Waals surface area contributed by atoms with Crippen LogP contribution in [0.1, 0.15) is 31.1 Å². The van der Waals surface area contributed by atoms with Crippen LogP contribution in [0.5, 0.6) is 5.75 Å². The third-order valence-corrected chi connectivity index (χ3v) is 2.16. The highest BCUT2D eigenvalue weighted by Crippen LogP contribution is 2.24. The van der Waals surface area contributed by atoms with Gasteiger partial charge < -0.3 is 9.84 Å². The number of hydrogen-bond acceptors (Lipinski definition) is 2. The van der Waals surface area contributed by atoms with E-state index in [1.165, 1.54) is 0 Å². The summed E-state index contributed by atoms with van der Waals surface area (Å²) in [5.74, 6) is -2.42. The summed E-state index contributed by atoms with van der Waals surface area (Å²) < 4.78 is 30.2. The Morgan fingerprint density at radius 3 is 2.50 bits per heavy atom. The molecule has 1 rings (SSSR count). The quantitative estimate of drug-likeness (QED) is 0.861. The van der Waals surface area contributed by atoms with E-state index < -0.39 is 18.6 Å². The lowest BCUT2D eigenvalue weighted by molar-refractivity contribution is -0.0231. The first-order valence-corrected chi connectivity index (χ1v) is 5.09. The topological polar surface area (TPSA) is 29.5 Å². The van der Waals surface area contributed by atoms with E-state index in [-0.39, 0.29) is 0 Å². The zero-order valence-corrected chi connectivity index (χ0v) is 9.63. The first-order valence-electron chi connectivity index (χ1n) is 5.09. The average Bonchev–Trinajstić information content (AvgIpc) is 2.14. The summed E-state index contributed by atoms with van der Waals surface area (Å²) in [6.45, 7) is 3.58. The largest absolute Gasteiger partial charge is 0.487 e. The second kappa shape index (κ2) is 4.78. The summed E-state index contributed by atoms with van der Waals surface area (Å²) in [6.07, 6.45) is -0.569. The fourth-order valence-electron chi connectivity index (χ4n) is 1.30. The van der Waals surface area contributed by atoms with Crippen molar-refractivity contribution in [3.63, 3.8) is 0 Å². The smallest absolute Gasteiger partial charge is 0.278 e. The molecule has 0 amide bonds. The molecule has 0 saturated heterocycles. The maximum atomic E-state index is 12.6. The van der Waals surface area contributed by atoms with Crippen LogP contribution < -0.4 is 4.74 Å². The third kappa shape index (κ3) is 3.77. The van der Waals surface area contributed by atoms with E-state index in [1.54, 1.807) is 32.0 Å². The molecule has 0 radical (unpaired) electrons. The molecule has 0 heterocycles. The van der Waals surface area contributed by atoms with Gasteiger partial charge in [0, 0.05) is 6.92 Å². The van der Waals surface area contributed by atoms with E-state index in [0.717, 1.165) is 18.1 Å². The fraction of sp³-hybridized carbons (Fsp3) is 0.500. The zero-order chi connectivity index (χ0) is 12.3. The number of benzene rings is 1. The minimum atomic E-state index is -2.84. The second-order valence-corrected chi connectivity index (χ2v) is 4.06. The summed E-state index contributed by atoms with van der Waals surface area (Å²) in [5, 5.41) is 9.34. The van der Waals surface area contributed by atoms with Gasteiger partial charge in [0.05, 0.1) is 6.10 Å². The number of aryl methyl sites for hydroxylation is 1. The van der Waals surface area contributed by atoms with Crippen molar-refractivity contribution >= 4 is 0 Å². The molecular weight excluding hydrogens is 214 g/mol. The van der Waals surface area contributed by atoms with E-state index in [9.17, 15) is 13.9 Å². The Bertz CT molecular complexity index is 357. The molecule has 1 aromatic carbocycles. The van der Waals surface area contributed by atoms with E-state index in [0.29, 0.717) is 5.75 Å². The van der Waals surface area contributed by atoms with Gasteiger partial charge in [0.2, 0.25) is 0 Å². The van der Waals surface area contributed by atoms with E-state index in [2.05, 4.69) is 0 Å². The Kier molecular flexibility index (Phi) is 3.86. The van der Waals surface area contributed by atoms with Crippen LogP contribution in [0, 0.1) is 6.92 Å². The van der Waals surface area contributed by atoms with Crippen LogP contribution in [0.4, 0.5) is 8.78 Å². The first-order chi connectivity index (χ1) is 7.29. The predicted molar refractivity (Wildman–Crippen MR) is 57.9 cm³/mol. The van der Waals surface area contributed by atoms with Crippen LogP contribution in [0.2, 0.25) is 0 Å². The second-order valence-electron chi connectivity index (χ2n) is 4.06. The number of hydrogen-bond donors (Lipinski definition) is 1. The lowest BCUT2D eigenvalue weighted by Gasteiger charge is -2.15. The van der Waals surface area contributed by atoms with Crippen molar-refractivity contribution in [2.75, 3.05) is 6.61 Å². The van der Waals surface area contributed by atoms with E-state index in [4.69, 9.17) is 4.74 Å². The molecule has 0 bridgehead atoms. The fourth-order valence-corrected chi connectivity index (χ4v) is 1.30. The number of rotatable bonds is 4. The molecular formula is C12H16F2O2. The molecule has 4 heteroatoms. The number of ether oxygens (including phenoxy) is 1. The van der Waals surface area contributed by atoms with Gasteiger partial charge in [-0.05, 0) is 37.1 Å². The molecule has 1 unspecified atom stereocenters. The number of aliphatic hydroxyl groups is 1. The van der Waals surface area contributed by atoms with Gasteiger partial charge in [-0.3, -0.25) is 0 Å². The lowest BCUT2D eigenvalue weighted by Crippen LogP contribution is -2.21. The normalized spacial score (nSPS) is 13.6. The monoisotopic (exact) mass is 230 g/mol. The Labute approximate surface area is 93.9 Å². The summed E-state index contributed by atoms with van der Waals surface area (Å²) in [7, 11) is 0. The van der Waals surface area contributed by atoms with E-state index in [1.807, 2.05) is 0 Å². The van der Waals surface area contributed by atoms with Crippen molar-refractivity contribution in [2.24, 2.45) is 0 Å². The summed E-state index contributed by atoms with van der Waals surface area (Å²) in [5.41, 5.74) is 1.48. The molecule has 16 heavy (non-hydrogen) atoms. The van der Waals surface area contributed by atoms with Crippen molar-refractivity contribution in [3.8, 4) is 5.75 Å². The molecule has 0 spiro atoms. The Morgan fingerprint density at radius 2 is 2.06 bits per heavy atom. The van der Waals surface area contributed by atoms with Gasteiger partial charge in [0.1, 0.15) is 5.75 Å². The maximum absolute atomic E-state index is 12.6. The van der Waals surface area contributed by atoms with Crippen LogP contribution in [0.25, 0.3) is 0 Å². The predicted octanol–water partition coefficient (Wildman–Crippen LogP) is 3.08. The Morgan fingerprint density at radius 1 is 1.44 bits per heavy atom. The molecule has 0 aliphatic rings. The highest BCUT2D eigenvalue weighted by Gasteiger charge is 2.22. The summed E-state index contributed by atoms with van der Waals surface area (Å²) in [4.78, 5) is 0. The third-order valence-electron chi connectivity index (χ3n) is 2.16. The van der Waals surface area contributed by atoms with Gasteiger partial charge in [0.25, 0.3) is 5.92 Å². The van der Waals surface area contributed by atoms with Crippen molar-refractivity contribution in [1.82, 2.24) is 0 Å². The number of halogens is 2. The van der Waals surface area contributed by atoms with E-state index >= 15 is 0 Å². The zero-order valence-electron chi connectivity index (χ0n) is 9.63. The molecule has 2 nitrogen and oxygen atoms in total. The van der Waals surface area contributed by atoms with Gasteiger partial charge >= 0.3 is 0 Å². The van der Waals surface area contributed by atoms with Crippen LogP contribution >= 0.6 is 0 Å². The van der Waals surface area contributed by atoms with Crippen molar-refractivity contribution in [2.45, 2.75) is 32.8 Å². The van der Waals surface area contributed by atoms with Crippen molar-refractivity contribution < 1.29 is 18.6 Å². The van der Waals surface area contributed by atoms with Crippen LogP contribution in [0.3, 0.4) is 0 Å². The van der Waals surface area contributed by atoms with Gasteiger partial charge in [-0.25, -0.2) is 8.78 Å². The van der Waals surface area contributed by atoms with Crippen LogP contribution in [-0.2, 0) is 0 Å². The lowest BCUT2D eigenvalue weighted by atomic mass is 10.1. The highest BCUT2D eigenvalue weighted by atomic mass is 19.3. The average molecular weight is 230 g/mol. The summed E-state index contributed by atoms with van der Waals surface area (Å²) in [6, 6.07) is 5.00. The molecule has 1 N–H and O–H groups in total. The van der Waals surface area contributed by atoms with Gasteiger partial charge in [-0.1, -0.05) is 6.07 Å². The molecule has 0 saturated carbocycles. The number of alkyl halides is 2.